The normalized spacial score (nSPS) is 14.9. The van der Waals surface area contributed by atoms with Crippen LogP contribution in [0.2, 0.25) is 5.02 Å². The lowest BCUT2D eigenvalue weighted by Crippen LogP contribution is -2.24. The lowest BCUT2D eigenvalue weighted by Gasteiger charge is -2.17. The van der Waals surface area contributed by atoms with Gasteiger partial charge in [0.15, 0.2) is 11.6 Å². The SMILES string of the molecule is CC(N)COc1c(F)cc2c(=O)c(C(=O)O)cn(C3CC3)c2c1Cl.Cl. The maximum absolute atomic E-state index is 14.3. The fourth-order valence-electron chi connectivity index (χ4n) is 2.56. The van der Waals surface area contributed by atoms with Gasteiger partial charge < -0.3 is 20.1 Å². The minimum Gasteiger partial charge on any atom is -0.487 e. The van der Waals surface area contributed by atoms with Crippen LogP contribution in [0.25, 0.3) is 10.9 Å². The van der Waals surface area contributed by atoms with Gasteiger partial charge in [0.25, 0.3) is 0 Å². The van der Waals surface area contributed by atoms with E-state index in [0.29, 0.717) is 0 Å². The number of benzene rings is 1. The number of pyridine rings is 1. The van der Waals surface area contributed by atoms with Crippen molar-refractivity contribution in [1.82, 2.24) is 4.57 Å². The molecule has 0 radical (unpaired) electrons. The molecule has 0 aliphatic heterocycles. The summed E-state index contributed by atoms with van der Waals surface area (Å²) >= 11 is 6.30. The third-order valence-corrected chi connectivity index (χ3v) is 4.18. The number of halogens is 3. The second kappa shape index (κ2) is 7.19. The van der Waals surface area contributed by atoms with Crippen LogP contribution in [0, 0.1) is 5.82 Å². The molecular formula is C16H17Cl2FN2O4. The molecule has 1 aromatic carbocycles. The van der Waals surface area contributed by atoms with Gasteiger partial charge in [0.2, 0.25) is 5.43 Å². The zero-order valence-electron chi connectivity index (χ0n) is 13.3. The summed E-state index contributed by atoms with van der Waals surface area (Å²) in [6, 6.07) is 0.692. The van der Waals surface area contributed by atoms with Crippen LogP contribution in [0.15, 0.2) is 17.1 Å². The number of fused-ring (bicyclic) bond motifs is 1. The van der Waals surface area contributed by atoms with Crippen LogP contribution in [0.1, 0.15) is 36.2 Å². The number of ether oxygens (including phenoxy) is 1. The molecule has 1 aromatic heterocycles. The Balaban J connectivity index is 0.00000225. The summed E-state index contributed by atoms with van der Waals surface area (Å²) in [7, 11) is 0. The standard InChI is InChI=1S/C16H16ClFN2O4.ClH/c1-7(19)6-24-15-11(18)4-9-13(12(15)17)20(8-2-3-8)5-10(14(9)21)16(22)23;/h4-5,7-8H,2-3,6,19H2,1H3,(H,22,23);1H. The minimum absolute atomic E-state index is 0. The summed E-state index contributed by atoms with van der Waals surface area (Å²) < 4.78 is 21.3. The van der Waals surface area contributed by atoms with Crippen LogP contribution in [0.3, 0.4) is 0 Å². The largest absolute Gasteiger partial charge is 0.487 e. The van der Waals surface area contributed by atoms with Crippen molar-refractivity contribution in [2.24, 2.45) is 5.73 Å². The van der Waals surface area contributed by atoms with Gasteiger partial charge in [-0.1, -0.05) is 11.6 Å². The third kappa shape index (κ3) is 3.58. The van der Waals surface area contributed by atoms with Gasteiger partial charge >= 0.3 is 5.97 Å². The Morgan fingerprint density at radius 2 is 2.20 bits per heavy atom. The van der Waals surface area contributed by atoms with Gasteiger partial charge in [0.05, 0.1) is 10.9 Å². The van der Waals surface area contributed by atoms with Crippen molar-refractivity contribution in [2.75, 3.05) is 6.61 Å². The minimum atomic E-state index is -1.36. The van der Waals surface area contributed by atoms with Crippen molar-refractivity contribution in [1.29, 1.82) is 0 Å². The van der Waals surface area contributed by atoms with E-state index in [9.17, 15) is 19.1 Å². The fraction of sp³-hybridized carbons (Fsp3) is 0.375. The maximum Gasteiger partial charge on any atom is 0.341 e. The molecule has 1 heterocycles. The van der Waals surface area contributed by atoms with E-state index in [1.54, 1.807) is 11.5 Å². The number of rotatable bonds is 5. The number of nitrogens with two attached hydrogens (primary N) is 1. The molecule has 0 amide bonds. The molecule has 9 heteroatoms. The highest BCUT2D eigenvalue weighted by molar-refractivity contribution is 6.36. The smallest absolute Gasteiger partial charge is 0.341 e. The van der Waals surface area contributed by atoms with Crippen LogP contribution in [-0.2, 0) is 0 Å². The second-order valence-corrected chi connectivity index (χ2v) is 6.38. The fourth-order valence-corrected chi connectivity index (χ4v) is 2.91. The highest BCUT2D eigenvalue weighted by Gasteiger charge is 2.29. The Bertz CT molecular complexity index is 894. The Kier molecular flexibility index (Phi) is 5.61. The first-order valence-corrected chi connectivity index (χ1v) is 7.87. The van der Waals surface area contributed by atoms with Crippen molar-refractivity contribution in [2.45, 2.75) is 31.8 Å². The van der Waals surface area contributed by atoms with E-state index in [-0.39, 0.29) is 52.8 Å². The molecular weight excluding hydrogens is 374 g/mol. The molecule has 2 aromatic rings. The van der Waals surface area contributed by atoms with Crippen LogP contribution < -0.4 is 15.9 Å². The molecule has 1 saturated carbocycles. The molecule has 1 atom stereocenters. The molecule has 0 bridgehead atoms. The van der Waals surface area contributed by atoms with Gasteiger partial charge in [0.1, 0.15) is 17.2 Å². The number of aromatic carboxylic acids is 1. The van der Waals surface area contributed by atoms with E-state index < -0.39 is 22.8 Å². The Labute approximate surface area is 153 Å². The van der Waals surface area contributed by atoms with Gasteiger partial charge in [-0.05, 0) is 25.8 Å². The number of hydrogen-bond donors (Lipinski definition) is 2. The first kappa shape index (κ1) is 19.5. The third-order valence-electron chi connectivity index (χ3n) is 3.83. The molecule has 0 saturated heterocycles. The van der Waals surface area contributed by atoms with Crippen LogP contribution >= 0.6 is 24.0 Å². The van der Waals surface area contributed by atoms with Crippen molar-refractivity contribution >= 4 is 40.9 Å². The van der Waals surface area contributed by atoms with Crippen molar-refractivity contribution < 1.29 is 19.0 Å². The summed E-state index contributed by atoms with van der Waals surface area (Å²) in [5.74, 6) is -2.36. The molecule has 25 heavy (non-hydrogen) atoms. The summed E-state index contributed by atoms with van der Waals surface area (Å²) in [4.78, 5) is 23.7. The monoisotopic (exact) mass is 390 g/mol. The van der Waals surface area contributed by atoms with E-state index in [0.717, 1.165) is 18.9 Å². The zero-order chi connectivity index (χ0) is 17.6. The van der Waals surface area contributed by atoms with Crippen LogP contribution in [0.5, 0.6) is 5.75 Å². The molecule has 3 rings (SSSR count). The predicted molar refractivity (Wildman–Crippen MR) is 94.8 cm³/mol. The van der Waals surface area contributed by atoms with Crippen molar-refractivity contribution in [3.63, 3.8) is 0 Å². The molecule has 1 aliphatic carbocycles. The highest BCUT2D eigenvalue weighted by Crippen LogP contribution is 2.41. The van der Waals surface area contributed by atoms with E-state index in [4.69, 9.17) is 22.1 Å². The summed E-state index contributed by atoms with van der Waals surface area (Å²) in [6.07, 6.45) is 2.94. The molecule has 3 N–H and O–H groups in total. The zero-order valence-corrected chi connectivity index (χ0v) is 14.9. The lowest BCUT2D eigenvalue weighted by atomic mass is 10.1. The van der Waals surface area contributed by atoms with Crippen molar-refractivity contribution in [3.8, 4) is 5.75 Å². The van der Waals surface area contributed by atoms with E-state index in [1.807, 2.05) is 0 Å². The topological polar surface area (TPSA) is 94.6 Å². The van der Waals surface area contributed by atoms with E-state index >= 15 is 0 Å². The Morgan fingerprint density at radius 1 is 1.56 bits per heavy atom. The van der Waals surface area contributed by atoms with Gasteiger partial charge in [0, 0.05) is 18.3 Å². The van der Waals surface area contributed by atoms with Crippen molar-refractivity contribution in [3.05, 3.63) is 38.9 Å². The van der Waals surface area contributed by atoms with Gasteiger partial charge in [-0.2, -0.15) is 0 Å². The van der Waals surface area contributed by atoms with E-state index in [2.05, 4.69) is 0 Å². The average Bonchev–Trinajstić information content (AvgIpc) is 3.32. The average molecular weight is 391 g/mol. The quantitative estimate of drug-likeness (QED) is 0.817. The van der Waals surface area contributed by atoms with E-state index in [1.165, 1.54) is 6.20 Å². The highest BCUT2D eigenvalue weighted by atomic mass is 35.5. The number of nitrogens with zero attached hydrogens (tertiary/aromatic N) is 1. The van der Waals surface area contributed by atoms with Gasteiger partial charge in [-0.15, -0.1) is 12.4 Å². The summed E-state index contributed by atoms with van der Waals surface area (Å²) in [6.45, 7) is 1.76. The number of carbonyl (C=O) groups is 1. The Hall–Kier alpha value is -1.83. The molecule has 1 unspecified atom stereocenters. The Morgan fingerprint density at radius 3 is 2.72 bits per heavy atom. The van der Waals surface area contributed by atoms with Gasteiger partial charge in [-0.3, -0.25) is 4.79 Å². The number of hydrogen-bond acceptors (Lipinski definition) is 4. The van der Waals surface area contributed by atoms with Gasteiger partial charge in [-0.25, -0.2) is 9.18 Å². The first-order chi connectivity index (χ1) is 11.3. The second-order valence-electron chi connectivity index (χ2n) is 6.00. The molecule has 1 aliphatic rings. The molecule has 136 valence electrons. The van der Waals surface area contributed by atoms with Crippen LogP contribution in [-0.4, -0.2) is 28.3 Å². The van der Waals surface area contributed by atoms with Crippen LogP contribution in [0.4, 0.5) is 4.39 Å². The number of carboxylic acids is 1. The number of aromatic nitrogens is 1. The lowest BCUT2D eigenvalue weighted by molar-refractivity contribution is 0.0695. The maximum atomic E-state index is 14.3. The summed E-state index contributed by atoms with van der Waals surface area (Å²) in [5, 5.41) is 9.09. The number of carboxylic acid groups (broad SMARTS) is 1. The predicted octanol–water partition coefficient (Wildman–Crippen LogP) is 2.97. The summed E-state index contributed by atoms with van der Waals surface area (Å²) in [5.41, 5.74) is 4.72. The molecule has 6 nitrogen and oxygen atoms in total. The molecule has 0 spiro atoms. The first-order valence-electron chi connectivity index (χ1n) is 7.49. The molecule has 1 fully saturated rings.